The molecule has 5 heteroatoms. The van der Waals surface area contributed by atoms with E-state index >= 15 is 0 Å². The summed E-state index contributed by atoms with van der Waals surface area (Å²) in [7, 11) is 1.90. The first kappa shape index (κ1) is 16.6. The van der Waals surface area contributed by atoms with Gasteiger partial charge in [0.2, 0.25) is 0 Å². The Hall–Kier alpha value is -0.810. The number of guanidine groups is 1. The van der Waals surface area contributed by atoms with Crippen molar-refractivity contribution < 1.29 is 4.74 Å². The average Bonchev–Trinajstić information content (AvgIpc) is 3.36. The van der Waals surface area contributed by atoms with Crippen LogP contribution in [0, 0.1) is 5.41 Å². The van der Waals surface area contributed by atoms with Crippen LogP contribution in [0.5, 0.6) is 0 Å². The van der Waals surface area contributed by atoms with Gasteiger partial charge in [0.05, 0.1) is 6.10 Å². The SMILES string of the molecule is CCOC1CC(NC(=NC)NC2CCN(C3CC3)CC2)C12CCC2. The van der Waals surface area contributed by atoms with Crippen molar-refractivity contribution in [3.8, 4) is 0 Å². The molecule has 1 saturated heterocycles. The van der Waals surface area contributed by atoms with Crippen LogP contribution in [0.1, 0.15) is 58.3 Å². The summed E-state index contributed by atoms with van der Waals surface area (Å²) in [6.45, 7) is 5.45. The van der Waals surface area contributed by atoms with Crippen molar-refractivity contribution in [1.29, 1.82) is 0 Å². The minimum atomic E-state index is 0.392. The summed E-state index contributed by atoms with van der Waals surface area (Å²) < 4.78 is 5.97. The number of nitrogens with zero attached hydrogens (tertiary/aromatic N) is 2. The second kappa shape index (κ2) is 6.83. The summed E-state index contributed by atoms with van der Waals surface area (Å²) in [6.07, 6.45) is 10.9. The molecular weight excluding hydrogens is 300 g/mol. The van der Waals surface area contributed by atoms with Gasteiger partial charge in [-0.25, -0.2) is 0 Å². The van der Waals surface area contributed by atoms with E-state index in [0.29, 0.717) is 23.6 Å². The fourth-order valence-electron chi connectivity index (χ4n) is 5.02. The molecule has 2 atom stereocenters. The van der Waals surface area contributed by atoms with Crippen molar-refractivity contribution in [1.82, 2.24) is 15.5 Å². The highest BCUT2D eigenvalue weighted by Gasteiger charge is 2.59. The van der Waals surface area contributed by atoms with E-state index in [4.69, 9.17) is 4.74 Å². The van der Waals surface area contributed by atoms with Crippen molar-refractivity contribution in [2.45, 2.75) is 82.5 Å². The lowest BCUT2D eigenvalue weighted by Gasteiger charge is -2.61. The minimum absolute atomic E-state index is 0.392. The average molecular weight is 335 g/mol. The van der Waals surface area contributed by atoms with E-state index in [-0.39, 0.29) is 0 Å². The van der Waals surface area contributed by atoms with Gasteiger partial charge in [0.25, 0.3) is 0 Å². The molecule has 0 bridgehead atoms. The van der Waals surface area contributed by atoms with Gasteiger partial charge in [-0.3, -0.25) is 4.99 Å². The molecule has 1 heterocycles. The molecule has 0 aromatic heterocycles. The van der Waals surface area contributed by atoms with E-state index in [2.05, 4.69) is 27.4 Å². The molecule has 3 aliphatic carbocycles. The van der Waals surface area contributed by atoms with E-state index in [1.165, 1.54) is 58.0 Å². The van der Waals surface area contributed by atoms with Crippen LogP contribution >= 0.6 is 0 Å². The molecule has 4 aliphatic rings. The number of likely N-dealkylation sites (tertiary alicyclic amines) is 1. The Balaban J connectivity index is 1.26. The Morgan fingerprint density at radius 3 is 2.46 bits per heavy atom. The number of hydrogen-bond acceptors (Lipinski definition) is 3. The quantitative estimate of drug-likeness (QED) is 0.597. The third-order valence-electron chi connectivity index (χ3n) is 6.91. The summed E-state index contributed by atoms with van der Waals surface area (Å²) in [4.78, 5) is 7.18. The summed E-state index contributed by atoms with van der Waals surface area (Å²) >= 11 is 0. The van der Waals surface area contributed by atoms with Gasteiger partial charge < -0.3 is 20.3 Å². The molecule has 2 unspecified atom stereocenters. The molecule has 2 N–H and O–H groups in total. The standard InChI is InChI=1S/C19H34N4O/c1-3-24-17-13-16(19(17)9-4-10-19)22-18(20-2)21-14-7-11-23(12-8-14)15-5-6-15/h14-17H,3-13H2,1-2H3,(H2,20,21,22). The number of rotatable bonds is 5. The van der Waals surface area contributed by atoms with Gasteiger partial charge in [-0.05, 0) is 51.9 Å². The fourth-order valence-corrected chi connectivity index (χ4v) is 5.02. The van der Waals surface area contributed by atoms with Crippen molar-refractivity contribution in [2.24, 2.45) is 10.4 Å². The molecule has 5 nitrogen and oxygen atoms in total. The largest absolute Gasteiger partial charge is 0.378 e. The van der Waals surface area contributed by atoms with E-state index in [0.717, 1.165) is 25.0 Å². The van der Waals surface area contributed by atoms with Gasteiger partial charge in [0.15, 0.2) is 5.96 Å². The first-order valence-corrected chi connectivity index (χ1v) is 10.1. The summed E-state index contributed by atoms with van der Waals surface area (Å²) in [6, 6.07) is 2.03. The molecule has 0 aromatic carbocycles. The maximum Gasteiger partial charge on any atom is 0.191 e. The highest BCUT2D eigenvalue weighted by molar-refractivity contribution is 5.80. The summed E-state index contributed by atoms with van der Waals surface area (Å²) in [5, 5.41) is 7.41. The lowest BCUT2D eigenvalue weighted by Crippen LogP contribution is -2.69. The van der Waals surface area contributed by atoms with Crippen LogP contribution < -0.4 is 10.6 Å². The Bertz CT molecular complexity index is 464. The van der Waals surface area contributed by atoms with Crippen molar-refractivity contribution >= 4 is 5.96 Å². The summed E-state index contributed by atoms with van der Waals surface area (Å²) in [5.74, 6) is 1.01. The predicted molar refractivity (Wildman–Crippen MR) is 97.4 cm³/mol. The second-order valence-electron chi connectivity index (χ2n) is 8.22. The number of ether oxygens (including phenoxy) is 1. The molecule has 24 heavy (non-hydrogen) atoms. The van der Waals surface area contributed by atoms with E-state index < -0.39 is 0 Å². The number of hydrogen-bond donors (Lipinski definition) is 2. The van der Waals surface area contributed by atoms with E-state index in [9.17, 15) is 0 Å². The topological polar surface area (TPSA) is 48.9 Å². The molecule has 4 rings (SSSR count). The third kappa shape index (κ3) is 3.05. The monoisotopic (exact) mass is 334 g/mol. The smallest absolute Gasteiger partial charge is 0.191 e. The molecule has 4 fully saturated rings. The molecular formula is C19H34N4O. The lowest BCUT2D eigenvalue weighted by molar-refractivity contribution is -0.168. The fraction of sp³-hybridized carbons (Fsp3) is 0.947. The Morgan fingerprint density at radius 2 is 1.92 bits per heavy atom. The second-order valence-corrected chi connectivity index (χ2v) is 8.22. The molecule has 1 aliphatic heterocycles. The minimum Gasteiger partial charge on any atom is -0.378 e. The van der Waals surface area contributed by atoms with E-state index in [1.54, 1.807) is 0 Å². The van der Waals surface area contributed by atoms with Crippen molar-refractivity contribution in [2.75, 3.05) is 26.7 Å². The number of nitrogens with one attached hydrogen (secondary N) is 2. The van der Waals surface area contributed by atoms with Gasteiger partial charge in [-0.15, -0.1) is 0 Å². The third-order valence-corrected chi connectivity index (χ3v) is 6.91. The lowest BCUT2D eigenvalue weighted by atomic mass is 9.51. The Morgan fingerprint density at radius 1 is 1.17 bits per heavy atom. The highest BCUT2D eigenvalue weighted by atomic mass is 16.5. The summed E-state index contributed by atoms with van der Waals surface area (Å²) in [5.41, 5.74) is 0.392. The van der Waals surface area contributed by atoms with Crippen LogP contribution in [0.2, 0.25) is 0 Å². The van der Waals surface area contributed by atoms with Crippen LogP contribution in [0.15, 0.2) is 4.99 Å². The van der Waals surface area contributed by atoms with Crippen molar-refractivity contribution in [3.05, 3.63) is 0 Å². The molecule has 0 amide bonds. The normalized spacial score (nSPS) is 33.8. The van der Waals surface area contributed by atoms with Gasteiger partial charge >= 0.3 is 0 Å². The molecule has 136 valence electrons. The molecule has 0 aromatic rings. The highest BCUT2D eigenvalue weighted by Crippen LogP contribution is 2.57. The van der Waals surface area contributed by atoms with Crippen molar-refractivity contribution in [3.63, 3.8) is 0 Å². The molecule has 1 spiro atoms. The first-order chi connectivity index (χ1) is 11.7. The number of aliphatic imine (C=N–C) groups is 1. The van der Waals surface area contributed by atoms with Crippen LogP contribution in [-0.4, -0.2) is 61.8 Å². The molecule has 3 saturated carbocycles. The van der Waals surface area contributed by atoms with Crippen LogP contribution in [0.4, 0.5) is 0 Å². The van der Waals surface area contributed by atoms with Gasteiger partial charge in [0, 0.05) is 50.3 Å². The zero-order chi connectivity index (χ0) is 16.6. The first-order valence-electron chi connectivity index (χ1n) is 10.1. The van der Waals surface area contributed by atoms with Gasteiger partial charge in [0.1, 0.15) is 0 Å². The maximum atomic E-state index is 5.97. The molecule has 0 radical (unpaired) electrons. The van der Waals surface area contributed by atoms with Crippen LogP contribution in [0.3, 0.4) is 0 Å². The maximum absolute atomic E-state index is 5.97. The number of piperidine rings is 1. The predicted octanol–water partition coefficient (Wildman–Crippen LogP) is 2.13. The van der Waals surface area contributed by atoms with Crippen LogP contribution in [-0.2, 0) is 4.74 Å². The van der Waals surface area contributed by atoms with Gasteiger partial charge in [-0.2, -0.15) is 0 Å². The van der Waals surface area contributed by atoms with E-state index in [1.807, 2.05) is 7.05 Å². The van der Waals surface area contributed by atoms with Gasteiger partial charge in [-0.1, -0.05) is 6.42 Å². The van der Waals surface area contributed by atoms with Crippen LogP contribution in [0.25, 0.3) is 0 Å². The Labute approximate surface area is 146 Å². The zero-order valence-electron chi connectivity index (χ0n) is 15.4. The Kier molecular flexibility index (Phi) is 4.74. The zero-order valence-corrected chi connectivity index (χ0v) is 15.4.